The maximum atomic E-state index is 12.4. The van der Waals surface area contributed by atoms with E-state index in [-0.39, 0.29) is 19.4 Å². The molecule has 1 atom stereocenters. The van der Waals surface area contributed by atoms with E-state index in [1.807, 2.05) is 6.08 Å². The lowest BCUT2D eigenvalue weighted by atomic mass is 10.1. The van der Waals surface area contributed by atoms with Crippen molar-refractivity contribution >= 4 is 19.8 Å². The zero-order valence-corrected chi connectivity index (χ0v) is 33.6. The Bertz CT molecular complexity index is 1070. The molecule has 298 valence electrons. The summed E-state index contributed by atoms with van der Waals surface area (Å²) in [6.07, 6.45) is 49.1. The van der Waals surface area contributed by atoms with Gasteiger partial charge in [-0.05, 0) is 83.5 Å². The molecule has 0 rings (SSSR count). The number of hydrogen-bond donors (Lipinski definition) is 2. The number of ether oxygens (including phenoxy) is 2. The molecule has 0 amide bonds. The van der Waals surface area contributed by atoms with Crippen LogP contribution in [-0.2, 0) is 28.2 Å². The fourth-order valence-corrected chi connectivity index (χ4v) is 5.52. The Hall–Kier alpha value is -2.51. The van der Waals surface area contributed by atoms with Crippen LogP contribution >= 0.6 is 7.82 Å². The van der Waals surface area contributed by atoms with Crippen LogP contribution in [0.25, 0.3) is 0 Å². The number of unbranched alkanes of at least 4 members (excludes halogenated alkanes) is 14. The van der Waals surface area contributed by atoms with E-state index in [1.54, 1.807) is 0 Å². The third-order valence-electron chi connectivity index (χ3n) is 8.20. The van der Waals surface area contributed by atoms with Gasteiger partial charge in [0.15, 0.2) is 6.10 Å². The molecule has 0 aromatic rings. The standard InChI is InChI=1S/C43H73O8P/c1-3-5-7-9-11-13-15-17-19-21-23-25-27-29-31-33-35-37-42(44)49-39-41(40-50-52(46,47)48)51-43(45)38-36-34-32-30-28-26-24-22-20-18-16-14-12-10-8-6-4-2/h11-14,17-20,23,25,29,31,41H,3-10,15-16,21-22,24,26-28,30,32-40H2,1-2H3,(H2,46,47,48)/b13-11-,14-12-,19-17-,20-18-,25-23-,31-29-/t41-/m1/s1. The fourth-order valence-electron chi connectivity index (χ4n) is 5.16. The molecule has 0 aliphatic carbocycles. The second-order valence-corrected chi connectivity index (χ2v) is 14.5. The Morgan fingerprint density at radius 2 is 0.885 bits per heavy atom. The van der Waals surface area contributed by atoms with Gasteiger partial charge in [-0.15, -0.1) is 0 Å². The molecule has 8 nitrogen and oxygen atoms in total. The SMILES string of the molecule is CCCCC/C=C\C/C=C\C/C=C\C/C=C\CCCC(=O)OC[C@H](COP(=O)(O)O)OC(=O)CCCCCCCCC/C=C\C/C=C\CCCCC. The molecule has 0 aliphatic heterocycles. The largest absolute Gasteiger partial charge is 0.469 e. The summed E-state index contributed by atoms with van der Waals surface area (Å²) in [5, 5.41) is 0. The van der Waals surface area contributed by atoms with Crippen LogP contribution in [0.2, 0.25) is 0 Å². The monoisotopic (exact) mass is 749 g/mol. The highest BCUT2D eigenvalue weighted by atomic mass is 31.2. The van der Waals surface area contributed by atoms with Gasteiger partial charge in [0.05, 0.1) is 6.61 Å². The van der Waals surface area contributed by atoms with E-state index >= 15 is 0 Å². The normalized spacial score (nSPS) is 13.2. The van der Waals surface area contributed by atoms with Crippen LogP contribution < -0.4 is 0 Å². The molecule has 0 aromatic heterocycles. The van der Waals surface area contributed by atoms with Crippen molar-refractivity contribution in [3.63, 3.8) is 0 Å². The predicted molar refractivity (Wildman–Crippen MR) is 216 cm³/mol. The predicted octanol–water partition coefficient (Wildman–Crippen LogP) is 12.3. The van der Waals surface area contributed by atoms with Gasteiger partial charge >= 0.3 is 19.8 Å². The lowest BCUT2D eigenvalue weighted by Crippen LogP contribution is -2.29. The number of carbonyl (C=O) groups excluding carboxylic acids is 2. The van der Waals surface area contributed by atoms with E-state index in [0.29, 0.717) is 12.8 Å². The molecular formula is C43H73O8P. The van der Waals surface area contributed by atoms with Crippen molar-refractivity contribution in [3.8, 4) is 0 Å². The Kier molecular flexibility index (Phi) is 36.4. The summed E-state index contributed by atoms with van der Waals surface area (Å²) in [5.74, 6) is -0.965. The number of esters is 2. The number of phosphoric acid groups is 1. The summed E-state index contributed by atoms with van der Waals surface area (Å²) >= 11 is 0. The Morgan fingerprint density at radius 3 is 1.35 bits per heavy atom. The second-order valence-electron chi connectivity index (χ2n) is 13.2. The van der Waals surface area contributed by atoms with E-state index < -0.39 is 32.5 Å². The molecule has 2 N–H and O–H groups in total. The van der Waals surface area contributed by atoms with Crippen molar-refractivity contribution in [3.05, 3.63) is 72.9 Å². The molecular weight excluding hydrogens is 675 g/mol. The Morgan fingerprint density at radius 1 is 0.500 bits per heavy atom. The fraction of sp³-hybridized carbons (Fsp3) is 0.674. The quantitative estimate of drug-likeness (QED) is 0.0281. The van der Waals surface area contributed by atoms with Gasteiger partial charge in [0, 0.05) is 12.8 Å². The maximum Gasteiger partial charge on any atom is 0.469 e. The minimum Gasteiger partial charge on any atom is -0.462 e. The molecule has 0 saturated heterocycles. The van der Waals surface area contributed by atoms with Crippen molar-refractivity contribution in [2.24, 2.45) is 0 Å². The number of hydrogen-bond acceptors (Lipinski definition) is 6. The summed E-state index contributed by atoms with van der Waals surface area (Å²) in [4.78, 5) is 42.8. The van der Waals surface area contributed by atoms with Gasteiger partial charge in [-0.3, -0.25) is 14.1 Å². The zero-order valence-electron chi connectivity index (χ0n) is 32.7. The number of phosphoric ester groups is 1. The molecule has 0 aromatic carbocycles. The molecule has 0 bridgehead atoms. The van der Waals surface area contributed by atoms with Gasteiger partial charge in [0.2, 0.25) is 0 Å². The maximum absolute atomic E-state index is 12.4. The first-order valence-corrected chi connectivity index (χ1v) is 21.8. The minimum absolute atomic E-state index is 0.186. The smallest absolute Gasteiger partial charge is 0.462 e. The zero-order chi connectivity index (χ0) is 38.2. The highest BCUT2D eigenvalue weighted by molar-refractivity contribution is 7.46. The third kappa shape index (κ3) is 40.3. The lowest BCUT2D eigenvalue weighted by Gasteiger charge is -2.18. The molecule has 0 saturated carbocycles. The van der Waals surface area contributed by atoms with Gasteiger partial charge in [0.1, 0.15) is 6.61 Å². The van der Waals surface area contributed by atoms with Crippen LogP contribution in [0.4, 0.5) is 0 Å². The van der Waals surface area contributed by atoms with E-state index in [4.69, 9.17) is 19.3 Å². The van der Waals surface area contributed by atoms with Crippen molar-refractivity contribution in [1.29, 1.82) is 0 Å². The summed E-state index contributed by atoms with van der Waals surface area (Å²) in [5.41, 5.74) is 0. The summed E-state index contributed by atoms with van der Waals surface area (Å²) in [6, 6.07) is 0. The van der Waals surface area contributed by atoms with Crippen LogP contribution in [0.1, 0.15) is 168 Å². The molecule has 0 radical (unpaired) electrons. The molecule has 0 spiro atoms. The first kappa shape index (κ1) is 49.5. The number of carbonyl (C=O) groups is 2. The van der Waals surface area contributed by atoms with E-state index in [0.717, 1.165) is 57.8 Å². The molecule has 0 heterocycles. The highest BCUT2D eigenvalue weighted by Gasteiger charge is 2.22. The summed E-state index contributed by atoms with van der Waals surface area (Å²) < 4.78 is 26.3. The van der Waals surface area contributed by atoms with Crippen LogP contribution in [0.5, 0.6) is 0 Å². The molecule has 0 unspecified atom stereocenters. The minimum atomic E-state index is -4.77. The second kappa shape index (κ2) is 38.2. The van der Waals surface area contributed by atoms with Crippen molar-refractivity contribution < 1.29 is 37.9 Å². The van der Waals surface area contributed by atoms with Crippen LogP contribution in [-0.4, -0.2) is 41.0 Å². The molecule has 0 fully saturated rings. The van der Waals surface area contributed by atoms with E-state index in [2.05, 4.69) is 85.2 Å². The van der Waals surface area contributed by atoms with Gasteiger partial charge in [-0.1, -0.05) is 145 Å². The molecule has 52 heavy (non-hydrogen) atoms. The summed E-state index contributed by atoms with van der Waals surface area (Å²) in [6.45, 7) is 3.57. The number of allylic oxidation sites excluding steroid dienone is 12. The van der Waals surface area contributed by atoms with Gasteiger partial charge < -0.3 is 19.3 Å². The summed E-state index contributed by atoms with van der Waals surface area (Å²) in [7, 11) is -4.77. The number of rotatable bonds is 36. The first-order chi connectivity index (χ1) is 25.3. The average Bonchev–Trinajstić information content (AvgIpc) is 3.11. The Balaban J connectivity index is 4.06. The van der Waals surface area contributed by atoms with Crippen molar-refractivity contribution in [1.82, 2.24) is 0 Å². The molecule has 9 heteroatoms. The van der Waals surface area contributed by atoms with Crippen LogP contribution in [0.3, 0.4) is 0 Å². The highest BCUT2D eigenvalue weighted by Crippen LogP contribution is 2.36. The van der Waals surface area contributed by atoms with Crippen molar-refractivity contribution in [2.75, 3.05) is 13.2 Å². The average molecular weight is 749 g/mol. The Labute approximate surface area is 317 Å². The van der Waals surface area contributed by atoms with Crippen molar-refractivity contribution in [2.45, 2.75) is 174 Å². The topological polar surface area (TPSA) is 119 Å². The van der Waals surface area contributed by atoms with Gasteiger partial charge in [-0.25, -0.2) is 4.57 Å². The molecule has 0 aliphatic rings. The van der Waals surface area contributed by atoms with Gasteiger partial charge in [0.25, 0.3) is 0 Å². The van der Waals surface area contributed by atoms with E-state index in [9.17, 15) is 14.2 Å². The van der Waals surface area contributed by atoms with Crippen LogP contribution in [0.15, 0.2) is 72.9 Å². The third-order valence-corrected chi connectivity index (χ3v) is 8.68. The van der Waals surface area contributed by atoms with E-state index in [1.165, 1.54) is 70.6 Å². The van der Waals surface area contributed by atoms with Crippen LogP contribution in [0, 0.1) is 0 Å². The lowest BCUT2D eigenvalue weighted by molar-refractivity contribution is -0.161. The van der Waals surface area contributed by atoms with Gasteiger partial charge in [-0.2, -0.15) is 0 Å². The first-order valence-electron chi connectivity index (χ1n) is 20.2.